The van der Waals surface area contributed by atoms with Crippen LogP contribution in [0.2, 0.25) is 0 Å². The van der Waals surface area contributed by atoms with Gasteiger partial charge in [0.05, 0.1) is 12.6 Å². The number of halogens is 2. The maximum absolute atomic E-state index is 13.7. The van der Waals surface area contributed by atoms with Crippen molar-refractivity contribution in [3.05, 3.63) is 57.8 Å². The monoisotopic (exact) mass is 350 g/mol. The molecule has 1 aromatic heterocycles. The van der Waals surface area contributed by atoms with E-state index in [4.69, 9.17) is 0 Å². The molecular formula is C18H20F2N2OS. The number of rotatable bonds is 5. The summed E-state index contributed by atoms with van der Waals surface area (Å²) >= 11 is 1.67. The van der Waals surface area contributed by atoms with E-state index in [2.05, 4.69) is 6.07 Å². The average Bonchev–Trinajstić information content (AvgIpc) is 3.19. The van der Waals surface area contributed by atoms with Crippen LogP contribution >= 0.6 is 11.3 Å². The van der Waals surface area contributed by atoms with E-state index in [1.54, 1.807) is 23.3 Å². The first kappa shape index (κ1) is 17.0. The van der Waals surface area contributed by atoms with Crippen LogP contribution in [0.3, 0.4) is 0 Å². The molecule has 1 aromatic carbocycles. The largest absolute Gasteiger partial charge is 0.334 e. The standard InChI is InChI=1S/C18H20F2N2OS/c1-21(11-13-6-7-14(19)10-15(13)20)12-18(23)22-8-2-4-16(22)17-5-3-9-24-17/h3,5-7,9-10,16H,2,4,8,11-12H2,1H3. The van der Waals surface area contributed by atoms with Crippen molar-refractivity contribution in [1.29, 1.82) is 0 Å². The Bertz CT molecular complexity index is 705. The molecule has 1 atom stereocenters. The number of thiophene rings is 1. The molecule has 2 heterocycles. The SMILES string of the molecule is CN(CC(=O)N1CCCC1c1cccs1)Cc1ccc(F)cc1F. The molecule has 0 bridgehead atoms. The van der Waals surface area contributed by atoms with Gasteiger partial charge in [0.2, 0.25) is 5.91 Å². The molecule has 0 N–H and O–H groups in total. The number of carbonyl (C=O) groups is 1. The Morgan fingerprint density at radius 2 is 2.21 bits per heavy atom. The third-order valence-corrected chi connectivity index (χ3v) is 5.28. The van der Waals surface area contributed by atoms with E-state index in [-0.39, 0.29) is 25.0 Å². The molecule has 3 rings (SSSR count). The van der Waals surface area contributed by atoms with Gasteiger partial charge in [-0.15, -0.1) is 11.3 Å². The Morgan fingerprint density at radius 1 is 1.38 bits per heavy atom. The molecule has 0 spiro atoms. The Balaban J connectivity index is 1.61. The van der Waals surface area contributed by atoms with Crippen molar-refractivity contribution in [3.8, 4) is 0 Å². The van der Waals surface area contributed by atoms with Crippen molar-refractivity contribution in [2.24, 2.45) is 0 Å². The molecule has 1 fully saturated rings. The number of likely N-dealkylation sites (N-methyl/N-ethyl adjacent to an activating group) is 1. The van der Waals surface area contributed by atoms with Crippen LogP contribution in [0.15, 0.2) is 35.7 Å². The van der Waals surface area contributed by atoms with Crippen LogP contribution < -0.4 is 0 Å². The Hall–Kier alpha value is -1.79. The fraction of sp³-hybridized carbons (Fsp3) is 0.389. The summed E-state index contributed by atoms with van der Waals surface area (Å²) in [5.41, 5.74) is 0.392. The number of hydrogen-bond acceptors (Lipinski definition) is 3. The smallest absolute Gasteiger partial charge is 0.237 e. The van der Waals surface area contributed by atoms with E-state index >= 15 is 0 Å². The lowest BCUT2D eigenvalue weighted by Gasteiger charge is -2.26. The topological polar surface area (TPSA) is 23.6 Å². The fourth-order valence-corrected chi connectivity index (χ4v) is 4.03. The third kappa shape index (κ3) is 3.82. The van der Waals surface area contributed by atoms with Gasteiger partial charge in [-0.1, -0.05) is 12.1 Å². The summed E-state index contributed by atoms with van der Waals surface area (Å²) in [6.45, 7) is 1.26. The molecule has 1 saturated heterocycles. The molecule has 1 aliphatic heterocycles. The average molecular weight is 350 g/mol. The molecule has 1 amide bonds. The maximum Gasteiger partial charge on any atom is 0.237 e. The summed E-state index contributed by atoms with van der Waals surface area (Å²) < 4.78 is 26.7. The number of hydrogen-bond donors (Lipinski definition) is 0. The molecule has 1 aliphatic rings. The Kier molecular flexibility index (Phi) is 5.26. The van der Waals surface area contributed by atoms with Crippen LogP contribution in [0.1, 0.15) is 29.3 Å². The maximum atomic E-state index is 13.7. The van der Waals surface area contributed by atoms with Gasteiger partial charge in [0, 0.05) is 29.6 Å². The Morgan fingerprint density at radius 3 is 2.92 bits per heavy atom. The quantitative estimate of drug-likeness (QED) is 0.818. The molecule has 0 aliphatic carbocycles. The molecular weight excluding hydrogens is 330 g/mol. The van der Waals surface area contributed by atoms with E-state index < -0.39 is 11.6 Å². The van der Waals surface area contributed by atoms with Crippen molar-refractivity contribution in [1.82, 2.24) is 9.80 Å². The minimum absolute atomic E-state index is 0.0518. The van der Waals surface area contributed by atoms with Gasteiger partial charge in [-0.2, -0.15) is 0 Å². The van der Waals surface area contributed by atoms with Crippen molar-refractivity contribution in [2.45, 2.75) is 25.4 Å². The van der Waals surface area contributed by atoms with Gasteiger partial charge in [0.25, 0.3) is 0 Å². The Labute approximate surface area is 144 Å². The van der Waals surface area contributed by atoms with Crippen molar-refractivity contribution in [3.63, 3.8) is 0 Å². The van der Waals surface area contributed by atoms with Crippen LogP contribution in [-0.4, -0.2) is 35.8 Å². The molecule has 1 unspecified atom stereocenters. The second-order valence-electron chi connectivity index (χ2n) is 6.17. The fourth-order valence-electron chi connectivity index (χ4n) is 3.16. The number of benzene rings is 1. The van der Waals surface area contributed by atoms with Gasteiger partial charge in [0.15, 0.2) is 0 Å². The van der Waals surface area contributed by atoms with Crippen LogP contribution in [0.25, 0.3) is 0 Å². The van der Waals surface area contributed by atoms with Crippen molar-refractivity contribution < 1.29 is 13.6 Å². The minimum Gasteiger partial charge on any atom is -0.334 e. The zero-order valence-electron chi connectivity index (χ0n) is 13.5. The molecule has 0 radical (unpaired) electrons. The van der Waals surface area contributed by atoms with Gasteiger partial charge in [0.1, 0.15) is 11.6 Å². The van der Waals surface area contributed by atoms with Gasteiger partial charge in [-0.3, -0.25) is 9.69 Å². The summed E-state index contributed by atoms with van der Waals surface area (Å²) in [5, 5.41) is 2.03. The van der Waals surface area contributed by atoms with E-state index in [1.807, 2.05) is 16.3 Å². The lowest BCUT2D eigenvalue weighted by molar-refractivity contribution is -0.133. The van der Waals surface area contributed by atoms with Gasteiger partial charge in [-0.25, -0.2) is 8.78 Å². The van der Waals surface area contributed by atoms with E-state index in [0.29, 0.717) is 5.56 Å². The number of likely N-dealkylation sites (tertiary alicyclic amines) is 1. The predicted octanol–water partition coefficient (Wildman–Crippen LogP) is 3.82. The first-order valence-corrected chi connectivity index (χ1v) is 8.88. The first-order chi connectivity index (χ1) is 11.5. The van der Waals surface area contributed by atoms with Gasteiger partial charge in [-0.05, 0) is 37.4 Å². The van der Waals surface area contributed by atoms with Gasteiger partial charge < -0.3 is 4.90 Å². The molecule has 2 aromatic rings. The second kappa shape index (κ2) is 7.40. The lowest BCUT2D eigenvalue weighted by Crippen LogP contribution is -2.38. The predicted molar refractivity (Wildman–Crippen MR) is 90.7 cm³/mol. The van der Waals surface area contributed by atoms with E-state index in [9.17, 15) is 13.6 Å². The number of amides is 1. The summed E-state index contributed by atoms with van der Waals surface area (Å²) in [6.07, 6.45) is 1.99. The highest BCUT2D eigenvalue weighted by molar-refractivity contribution is 7.10. The van der Waals surface area contributed by atoms with Crippen molar-refractivity contribution >= 4 is 17.2 Å². The van der Waals surface area contributed by atoms with Crippen LogP contribution in [0.5, 0.6) is 0 Å². The van der Waals surface area contributed by atoms with Crippen LogP contribution in [0.4, 0.5) is 8.78 Å². The highest BCUT2D eigenvalue weighted by Gasteiger charge is 2.30. The molecule has 3 nitrogen and oxygen atoms in total. The second-order valence-corrected chi connectivity index (χ2v) is 7.15. The summed E-state index contributed by atoms with van der Waals surface area (Å²) in [7, 11) is 1.77. The van der Waals surface area contributed by atoms with Crippen LogP contribution in [0, 0.1) is 11.6 Å². The number of carbonyl (C=O) groups excluding carboxylic acids is 1. The molecule has 0 saturated carbocycles. The zero-order chi connectivity index (χ0) is 17.1. The van der Waals surface area contributed by atoms with Crippen molar-refractivity contribution in [2.75, 3.05) is 20.1 Å². The zero-order valence-corrected chi connectivity index (χ0v) is 14.4. The molecule has 128 valence electrons. The lowest BCUT2D eigenvalue weighted by atomic mass is 10.2. The van der Waals surface area contributed by atoms with Gasteiger partial charge >= 0.3 is 0 Å². The van der Waals surface area contributed by atoms with Crippen LogP contribution in [-0.2, 0) is 11.3 Å². The summed E-state index contributed by atoms with van der Waals surface area (Å²) in [5.74, 6) is -1.12. The molecule has 24 heavy (non-hydrogen) atoms. The normalized spacial score (nSPS) is 17.7. The summed E-state index contributed by atoms with van der Waals surface area (Å²) in [4.78, 5) is 17.5. The van der Waals surface area contributed by atoms with E-state index in [1.165, 1.54) is 17.0 Å². The van der Waals surface area contributed by atoms with E-state index in [0.717, 1.165) is 25.5 Å². The first-order valence-electron chi connectivity index (χ1n) is 8.00. The minimum atomic E-state index is -0.592. The third-order valence-electron chi connectivity index (χ3n) is 4.31. The summed E-state index contributed by atoms with van der Waals surface area (Å²) in [6, 6.07) is 7.77. The highest BCUT2D eigenvalue weighted by Crippen LogP contribution is 2.34. The number of nitrogens with zero attached hydrogens (tertiary/aromatic N) is 2. The molecule has 6 heteroatoms. The highest BCUT2D eigenvalue weighted by atomic mass is 32.1.